The van der Waals surface area contributed by atoms with Crippen molar-refractivity contribution in [2.45, 2.75) is 51.1 Å². The van der Waals surface area contributed by atoms with Crippen LogP contribution in [-0.4, -0.2) is 0 Å². The van der Waals surface area contributed by atoms with Crippen LogP contribution in [0, 0.1) is 35.0 Å². The Morgan fingerprint density at radius 3 is 1.88 bits per heavy atom. The number of allylic oxidation sites excluding steroid dienone is 2. The van der Waals surface area contributed by atoms with Crippen molar-refractivity contribution in [2.75, 3.05) is 0 Å². The van der Waals surface area contributed by atoms with Crippen LogP contribution in [0.25, 0.3) is 22.3 Å². The van der Waals surface area contributed by atoms with Crippen LogP contribution < -0.4 is 4.74 Å². The van der Waals surface area contributed by atoms with Crippen molar-refractivity contribution in [1.82, 2.24) is 0 Å². The highest BCUT2D eigenvalue weighted by atomic mass is 19.3. The Balaban J connectivity index is 1.29. The standard InChI is InChI=1S/C35H29F7O/c1-2-3-4-21-5-7-22(8-6-21)24-11-15-29(30(36)17-24)25-12-16-28(31(37)18-25)23-9-13-26(14-10-23)35(41,42)43-27-19-32(38)34(40)33(39)20-27/h3-4,9-22H,2,5-8H2,1H3. The maximum Gasteiger partial charge on any atom is 0.426 e. The fraction of sp³-hybridized carbons (Fsp3) is 0.257. The molecule has 0 heterocycles. The van der Waals surface area contributed by atoms with Gasteiger partial charge in [0.25, 0.3) is 0 Å². The lowest BCUT2D eigenvalue weighted by Crippen LogP contribution is -2.22. The third kappa shape index (κ3) is 6.79. The van der Waals surface area contributed by atoms with Crippen molar-refractivity contribution in [1.29, 1.82) is 0 Å². The fourth-order valence-corrected chi connectivity index (χ4v) is 5.55. The predicted molar refractivity (Wildman–Crippen MR) is 152 cm³/mol. The minimum atomic E-state index is -4.02. The minimum absolute atomic E-state index is 0.105. The monoisotopic (exact) mass is 598 g/mol. The molecule has 4 aromatic rings. The summed E-state index contributed by atoms with van der Waals surface area (Å²) >= 11 is 0. The van der Waals surface area contributed by atoms with Gasteiger partial charge in [0.05, 0.1) is 5.56 Å². The first kappa shape index (κ1) is 30.4. The Kier molecular flexibility index (Phi) is 8.95. The Labute approximate surface area is 245 Å². The number of hydrogen-bond acceptors (Lipinski definition) is 1. The zero-order valence-electron chi connectivity index (χ0n) is 23.3. The second-order valence-electron chi connectivity index (χ2n) is 10.8. The maximum absolute atomic E-state index is 15.2. The number of hydrogen-bond donors (Lipinski definition) is 0. The summed E-state index contributed by atoms with van der Waals surface area (Å²) in [4.78, 5) is 0. The Morgan fingerprint density at radius 2 is 1.28 bits per heavy atom. The van der Waals surface area contributed by atoms with E-state index in [0.29, 0.717) is 23.6 Å². The lowest BCUT2D eigenvalue weighted by molar-refractivity contribution is -0.185. The number of ether oxygens (including phenoxy) is 1. The van der Waals surface area contributed by atoms with E-state index in [1.54, 1.807) is 12.1 Å². The smallest absolute Gasteiger partial charge is 0.426 e. The molecule has 1 nitrogen and oxygen atoms in total. The van der Waals surface area contributed by atoms with Gasteiger partial charge in [0.1, 0.15) is 17.4 Å². The molecule has 0 aliphatic heterocycles. The first-order valence-corrected chi connectivity index (χ1v) is 14.1. The number of rotatable bonds is 8. The lowest BCUT2D eigenvalue weighted by atomic mass is 9.78. The molecule has 8 heteroatoms. The van der Waals surface area contributed by atoms with Crippen LogP contribution in [0.1, 0.15) is 56.1 Å². The first-order chi connectivity index (χ1) is 20.6. The van der Waals surface area contributed by atoms with Gasteiger partial charge in [-0.1, -0.05) is 55.5 Å². The van der Waals surface area contributed by atoms with Gasteiger partial charge in [-0.2, -0.15) is 8.78 Å². The molecule has 0 bridgehead atoms. The quantitative estimate of drug-likeness (QED) is 0.111. The molecule has 0 saturated heterocycles. The van der Waals surface area contributed by atoms with Crippen LogP contribution in [-0.2, 0) is 6.11 Å². The summed E-state index contributed by atoms with van der Waals surface area (Å²) in [5.74, 6) is -6.31. The Morgan fingerprint density at radius 1 is 0.698 bits per heavy atom. The van der Waals surface area contributed by atoms with Crippen molar-refractivity contribution >= 4 is 0 Å². The third-order valence-electron chi connectivity index (χ3n) is 7.90. The van der Waals surface area contributed by atoms with Crippen LogP contribution in [0.2, 0.25) is 0 Å². The van der Waals surface area contributed by atoms with Crippen molar-refractivity contribution in [3.05, 3.63) is 125 Å². The molecule has 1 fully saturated rings. The van der Waals surface area contributed by atoms with Crippen LogP contribution in [0.5, 0.6) is 5.75 Å². The molecule has 1 aliphatic carbocycles. The third-order valence-corrected chi connectivity index (χ3v) is 7.90. The zero-order valence-corrected chi connectivity index (χ0v) is 23.3. The van der Waals surface area contributed by atoms with Gasteiger partial charge in [-0.05, 0) is 84.9 Å². The molecule has 0 amide bonds. The summed E-state index contributed by atoms with van der Waals surface area (Å²) in [5, 5.41) is 0. The van der Waals surface area contributed by atoms with E-state index >= 15 is 8.78 Å². The predicted octanol–water partition coefficient (Wildman–Crippen LogP) is 11.1. The Bertz CT molecular complexity index is 1600. The molecule has 0 radical (unpaired) electrons. The summed E-state index contributed by atoms with van der Waals surface area (Å²) in [6.45, 7) is 2.11. The average Bonchev–Trinajstić information content (AvgIpc) is 2.99. The summed E-state index contributed by atoms with van der Waals surface area (Å²) < 4.78 is 104. The van der Waals surface area contributed by atoms with E-state index in [9.17, 15) is 22.0 Å². The zero-order chi connectivity index (χ0) is 30.7. The van der Waals surface area contributed by atoms with Gasteiger partial charge in [-0.15, -0.1) is 0 Å². The molecule has 0 spiro atoms. The van der Waals surface area contributed by atoms with E-state index in [4.69, 9.17) is 0 Å². The topological polar surface area (TPSA) is 9.23 Å². The molecule has 5 rings (SSSR count). The fourth-order valence-electron chi connectivity index (χ4n) is 5.55. The van der Waals surface area contributed by atoms with Crippen molar-refractivity contribution in [2.24, 2.45) is 5.92 Å². The van der Waals surface area contributed by atoms with Crippen LogP contribution in [0.15, 0.2) is 84.9 Å². The summed E-state index contributed by atoms with van der Waals surface area (Å²) in [6.07, 6.45) is 5.57. The number of benzene rings is 4. The highest BCUT2D eigenvalue weighted by Gasteiger charge is 2.35. The van der Waals surface area contributed by atoms with Crippen LogP contribution in [0.4, 0.5) is 30.7 Å². The average molecular weight is 599 g/mol. The largest absolute Gasteiger partial charge is 0.429 e. The second-order valence-corrected chi connectivity index (χ2v) is 10.8. The lowest BCUT2D eigenvalue weighted by Gasteiger charge is -2.27. The molecule has 4 aromatic carbocycles. The molecule has 1 aliphatic rings. The van der Waals surface area contributed by atoms with Gasteiger partial charge in [-0.25, -0.2) is 22.0 Å². The Hall–Kier alpha value is -4.07. The van der Waals surface area contributed by atoms with Crippen LogP contribution in [0.3, 0.4) is 0 Å². The molecule has 0 N–H and O–H groups in total. The van der Waals surface area contributed by atoms with Crippen molar-refractivity contribution in [3.63, 3.8) is 0 Å². The molecular formula is C35H29F7O. The molecule has 1 saturated carbocycles. The summed E-state index contributed by atoms with van der Waals surface area (Å²) in [6, 6.07) is 14.3. The van der Waals surface area contributed by atoms with Crippen molar-refractivity contribution < 1.29 is 35.5 Å². The summed E-state index contributed by atoms with van der Waals surface area (Å²) in [5.41, 5.74) is 1.23. The highest BCUT2D eigenvalue weighted by Crippen LogP contribution is 2.39. The summed E-state index contributed by atoms with van der Waals surface area (Å²) in [7, 11) is 0. The molecule has 43 heavy (non-hydrogen) atoms. The van der Waals surface area contributed by atoms with Gasteiger partial charge in [-0.3, -0.25) is 0 Å². The van der Waals surface area contributed by atoms with Gasteiger partial charge in [0, 0.05) is 23.3 Å². The minimum Gasteiger partial charge on any atom is -0.429 e. The molecule has 0 atom stereocenters. The van der Waals surface area contributed by atoms with Gasteiger partial charge in [0.15, 0.2) is 17.5 Å². The number of alkyl halides is 2. The number of halogens is 7. The molecule has 0 unspecified atom stereocenters. The van der Waals surface area contributed by atoms with E-state index in [2.05, 4.69) is 23.8 Å². The highest BCUT2D eigenvalue weighted by molar-refractivity contribution is 5.71. The SMILES string of the molecule is CCC=CC1CCC(c2ccc(-c3ccc(-c4ccc(C(F)(F)Oc5cc(F)c(F)c(F)c5)cc4)c(F)c3)c(F)c2)CC1. The van der Waals surface area contributed by atoms with Crippen LogP contribution >= 0.6 is 0 Å². The first-order valence-electron chi connectivity index (χ1n) is 14.1. The van der Waals surface area contributed by atoms with E-state index in [1.807, 2.05) is 6.07 Å². The maximum atomic E-state index is 15.2. The van der Waals surface area contributed by atoms with Gasteiger partial charge in [0.2, 0.25) is 0 Å². The second kappa shape index (κ2) is 12.7. The van der Waals surface area contributed by atoms with E-state index in [-0.39, 0.29) is 22.6 Å². The van der Waals surface area contributed by atoms with E-state index in [0.717, 1.165) is 49.8 Å². The molecular weight excluding hydrogens is 569 g/mol. The van der Waals surface area contributed by atoms with E-state index < -0.39 is 46.5 Å². The molecule has 0 aromatic heterocycles. The van der Waals surface area contributed by atoms with Crippen molar-refractivity contribution in [3.8, 4) is 28.0 Å². The van der Waals surface area contributed by atoms with Gasteiger partial charge >= 0.3 is 6.11 Å². The van der Waals surface area contributed by atoms with Gasteiger partial charge < -0.3 is 4.74 Å². The molecule has 224 valence electrons. The van der Waals surface area contributed by atoms with E-state index in [1.165, 1.54) is 30.3 Å². The normalized spacial score (nSPS) is 17.4.